The minimum absolute atomic E-state index is 0.301. The molecule has 1 aliphatic heterocycles. The Morgan fingerprint density at radius 3 is 2.93 bits per heavy atom. The molecule has 3 aromatic rings. The first kappa shape index (κ1) is 18.5. The van der Waals surface area contributed by atoms with Gasteiger partial charge in [0.05, 0.1) is 6.04 Å². The largest absolute Gasteiger partial charge is 0.361 e. The van der Waals surface area contributed by atoms with Crippen LogP contribution in [-0.4, -0.2) is 38.4 Å². The molecule has 1 aliphatic carbocycles. The summed E-state index contributed by atoms with van der Waals surface area (Å²) in [7, 11) is 0. The molecular weight excluding hydrogens is 360 g/mol. The summed E-state index contributed by atoms with van der Waals surface area (Å²) in [5.74, 6) is 2.19. The first-order valence-corrected chi connectivity index (χ1v) is 11.1. The van der Waals surface area contributed by atoms with E-state index in [0.717, 1.165) is 32.4 Å². The van der Waals surface area contributed by atoms with Crippen molar-refractivity contribution in [3.05, 3.63) is 53.7 Å². The Morgan fingerprint density at radius 1 is 1.24 bits per heavy atom. The average molecular weight is 391 g/mol. The molecule has 5 heteroatoms. The van der Waals surface area contributed by atoms with Gasteiger partial charge in [0.2, 0.25) is 5.91 Å². The van der Waals surface area contributed by atoms with Gasteiger partial charge in [-0.25, -0.2) is 4.98 Å². The van der Waals surface area contributed by atoms with Gasteiger partial charge in [-0.1, -0.05) is 24.6 Å². The van der Waals surface area contributed by atoms with Crippen LogP contribution in [0.3, 0.4) is 0 Å². The van der Waals surface area contributed by atoms with Crippen molar-refractivity contribution in [2.24, 2.45) is 0 Å². The number of carbonyl (C=O) groups excluding carboxylic acids is 1. The number of imidazole rings is 1. The molecule has 2 aliphatic rings. The number of fused-ring (bicyclic) bond motifs is 1. The zero-order valence-corrected chi connectivity index (χ0v) is 17.2. The van der Waals surface area contributed by atoms with Gasteiger partial charge in [-0.15, -0.1) is 0 Å². The molecule has 0 bridgehead atoms. The molecule has 1 saturated heterocycles. The minimum Gasteiger partial charge on any atom is -0.361 e. The third-order valence-corrected chi connectivity index (χ3v) is 6.87. The normalized spacial score (nSPS) is 19.8. The molecule has 1 unspecified atom stereocenters. The van der Waals surface area contributed by atoms with Crippen molar-refractivity contribution in [1.82, 2.24) is 19.4 Å². The predicted molar refractivity (Wildman–Crippen MR) is 115 cm³/mol. The maximum Gasteiger partial charge on any atom is 0.222 e. The van der Waals surface area contributed by atoms with Gasteiger partial charge in [-0.05, 0) is 50.7 Å². The van der Waals surface area contributed by atoms with E-state index in [-0.39, 0.29) is 0 Å². The van der Waals surface area contributed by atoms with E-state index in [4.69, 9.17) is 4.98 Å². The Hall–Kier alpha value is -2.56. The maximum absolute atomic E-state index is 12.8. The number of benzene rings is 1. The van der Waals surface area contributed by atoms with Gasteiger partial charge in [0.25, 0.3) is 0 Å². The van der Waals surface area contributed by atoms with Crippen molar-refractivity contribution >= 4 is 16.8 Å². The monoisotopic (exact) mass is 390 g/mol. The van der Waals surface area contributed by atoms with Crippen LogP contribution in [-0.2, 0) is 11.2 Å². The maximum atomic E-state index is 12.8. The quantitative estimate of drug-likeness (QED) is 0.661. The molecule has 2 aromatic heterocycles. The number of hydrogen-bond donors (Lipinski definition) is 1. The molecule has 152 valence electrons. The molecule has 2 fully saturated rings. The molecule has 1 aromatic carbocycles. The van der Waals surface area contributed by atoms with E-state index in [1.54, 1.807) is 0 Å². The van der Waals surface area contributed by atoms with Gasteiger partial charge < -0.3 is 14.5 Å². The van der Waals surface area contributed by atoms with Gasteiger partial charge in [-0.3, -0.25) is 4.79 Å². The van der Waals surface area contributed by atoms with Crippen LogP contribution < -0.4 is 0 Å². The van der Waals surface area contributed by atoms with Gasteiger partial charge in [0.15, 0.2) is 0 Å². The average Bonchev–Trinajstić information content (AvgIpc) is 3.40. The van der Waals surface area contributed by atoms with Crippen molar-refractivity contribution in [3.8, 4) is 0 Å². The summed E-state index contributed by atoms with van der Waals surface area (Å²) in [6.45, 7) is 3.86. The highest BCUT2D eigenvalue weighted by atomic mass is 16.2. The molecule has 1 saturated carbocycles. The summed E-state index contributed by atoms with van der Waals surface area (Å²) >= 11 is 0. The number of para-hydroxylation sites is 1. The van der Waals surface area contributed by atoms with Gasteiger partial charge in [-0.2, -0.15) is 0 Å². The predicted octanol–water partition coefficient (Wildman–Crippen LogP) is 4.74. The van der Waals surface area contributed by atoms with Crippen LogP contribution in [0, 0.1) is 6.92 Å². The molecule has 3 heterocycles. The number of aromatic amines is 1. The Balaban J connectivity index is 1.18. The van der Waals surface area contributed by atoms with E-state index < -0.39 is 0 Å². The van der Waals surface area contributed by atoms with Crippen LogP contribution in [0.4, 0.5) is 0 Å². The molecule has 5 nitrogen and oxygen atoms in total. The summed E-state index contributed by atoms with van der Waals surface area (Å²) < 4.78 is 2.43. The van der Waals surface area contributed by atoms with Crippen LogP contribution in [0.2, 0.25) is 0 Å². The van der Waals surface area contributed by atoms with Crippen LogP contribution in [0.15, 0.2) is 36.7 Å². The number of aryl methyl sites for hydroxylation is 2. The minimum atomic E-state index is 0.301. The van der Waals surface area contributed by atoms with Crippen molar-refractivity contribution in [2.75, 3.05) is 13.1 Å². The molecule has 29 heavy (non-hydrogen) atoms. The molecule has 0 radical (unpaired) electrons. The van der Waals surface area contributed by atoms with Crippen LogP contribution in [0.25, 0.3) is 10.9 Å². The van der Waals surface area contributed by atoms with Gasteiger partial charge >= 0.3 is 0 Å². The topological polar surface area (TPSA) is 53.9 Å². The van der Waals surface area contributed by atoms with E-state index in [9.17, 15) is 4.79 Å². The van der Waals surface area contributed by atoms with Crippen molar-refractivity contribution in [2.45, 2.75) is 63.8 Å². The van der Waals surface area contributed by atoms with E-state index in [2.05, 4.69) is 45.8 Å². The zero-order valence-electron chi connectivity index (χ0n) is 17.2. The Labute approximate surface area is 172 Å². The molecule has 5 rings (SSSR count). The lowest BCUT2D eigenvalue weighted by molar-refractivity contribution is -0.130. The smallest absolute Gasteiger partial charge is 0.222 e. The number of carbonyl (C=O) groups is 1. The lowest BCUT2D eigenvalue weighted by Crippen LogP contribution is -2.29. The number of hydrogen-bond acceptors (Lipinski definition) is 2. The van der Waals surface area contributed by atoms with Gasteiger partial charge in [0.1, 0.15) is 5.82 Å². The summed E-state index contributed by atoms with van der Waals surface area (Å²) in [6.07, 6.45) is 11.5. The van der Waals surface area contributed by atoms with Crippen LogP contribution in [0.5, 0.6) is 0 Å². The first-order valence-electron chi connectivity index (χ1n) is 11.1. The lowest BCUT2D eigenvalue weighted by atomic mass is 9.84. The third-order valence-electron chi connectivity index (χ3n) is 6.87. The Morgan fingerprint density at radius 2 is 2.10 bits per heavy atom. The highest BCUT2D eigenvalue weighted by Crippen LogP contribution is 2.38. The molecule has 1 atom stereocenters. The van der Waals surface area contributed by atoms with Crippen molar-refractivity contribution in [3.63, 3.8) is 0 Å². The second-order valence-corrected chi connectivity index (χ2v) is 8.75. The summed E-state index contributed by atoms with van der Waals surface area (Å²) in [5, 5.41) is 1.28. The second kappa shape index (κ2) is 7.69. The first-order chi connectivity index (χ1) is 14.2. The molecular formula is C24H30N4O. The fourth-order valence-electron chi connectivity index (χ4n) is 5.01. The standard InChI is InChI=1S/C24H30N4O/c1-17-14-26-24(18-6-4-7-18)28(17)20-12-13-27(16-20)23(29)11-5-8-19-15-25-22-10-3-2-9-21(19)22/h2-3,9-10,14-15,18,20,25H,4-8,11-13,16H2,1H3. The molecule has 0 spiro atoms. The van der Waals surface area contributed by atoms with E-state index in [0.29, 0.717) is 24.3 Å². The fourth-order valence-corrected chi connectivity index (χ4v) is 5.01. The number of aromatic nitrogens is 3. The third kappa shape index (κ3) is 3.47. The summed E-state index contributed by atoms with van der Waals surface area (Å²) in [5.41, 5.74) is 3.73. The number of H-pyrrole nitrogens is 1. The highest BCUT2D eigenvalue weighted by molar-refractivity contribution is 5.83. The summed E-state index contributed by atoms with van der Waals surface area (Å²) in [4.78, 5) is 22.9. The van der Waals surface area contributed by atoms with Crippen molar-refractivity contribution < 1.29 is 4.79 Å². The number of nitrogens with zero attached hydrogens (tertiary/aromatic N) is 3. The zero-order chi connectivity index (χ0) is 19.8. The number of rotatable bonds is 6. The molecule has 1 N–H and O–H groups in total. The van der Waals surface area contributed by atoms with Crippen LogP contribution in [0.1, 0.15) is 67.6 Å². The number of nitrogens with one attached hydrogen (secondary N) is 1. The second-order valence-electron chi connectivity index (χ2n) is 8.75. The highest BCUT2D eigenvalue weighted by Gasteiger charge is 2.32. The Kier molecular flexibility index (Phi) is 4.90. The van der Waals surface area contributed by atoms with Crippen molar-refractivity contribution in [1.29, 1.82) is 0 Å². The molecule has 1 amide bonds. The summed E-state index contributed by atoms with van der Waals surface area (Å²) in [6, 6.07) is 8.77. The van der Waals surface area contributed by atoms with Crippen LogP contribution >= 0.6 is 0 Å². The van der Waals surface area contributed by atoms with E-state index >= 15 is 0 Å². The SMILES string of the molecule is Cc1cnc(C2CCC2)n1C1CCN(C(=O)CCCc2c[nH]c3ccccc23)C1. The lowest BCUT2D eigenvalue weighted by Gasteiger charge is -2.28. The van der Waals surface area contributed by atoms with Gasteiger partial charge in [0, 0.05) is 54.4 Å². The number of amides is 1. The van der Waals surface area contributed by atoms with E-state index in [1.807, 2.05) is 12.3 Å². The number of likely N-dealkylation sites (tertiary alicyclic amines) is 1. The van der Waals surface area contributed by atoms with E-state index in [1.165, 1.54) is 47.2 Å². The fraction of sp³-hybridized carbons (Fsp3) is 0.500. The Bertz CT molecular complexity index is 1010.